The van der Waals surface area contributed by atoms with Crippen LogP contribution >= 0.6 is 0 Å². The highest BCUT2D eigenvalue weighted by molar-refractivity contribution is 5.90. The number of hydrogen-bond acceptors (Lipinski definition) is 4. The molecule has 0 saturated carbocycles. The van der Waals surface area contributed by atoms with E-state index in [1.54, 1.807) is 7.11 Å². The molecule has 2 saturated heterocycles. The zero-order valence-electron chi connectivity index (χ0n) is 17.1. The maximum Gasteiger partial charge on any atom is 0.240 e. The fourth-order valence-electron chi connectivity index (χ4n) is 4.43. The van der Waals surface area contributed by atoms with Gasteiger partial charge in [-0.15, -0.1) is 0 Å². The minimum absolute atomic E-state index is 0.0858. The van der Waals surface area contributed by atoms with Crippen molar-refractivity contribution in [3.63, 3.8) is 0 Å². The van der Waals surface area contributed by atoms with E-state index in [2.05, 4.69) is 36.1 Å². The Morgan fingerprint density at radius 2 is 1.69 bits per heavy atom. The molecule has 2 aromatic carbocycles. The topological polar surface area (TPSA) is 49.9 Å². The van der Waals surface area contributed by atoms with Gasteiger partial charge in [0.1, 0.15) is 5.75 Å². The summed E-state index contributed by atoms with van der Waals surface area (Å²) in [5.74, 6) is 1.06. The van der Waals surface area contributed by atoms with Crippen molar-refractivity contribution < 1.29 is 14.3 Å². The second-order valence-electron chi connectivity index (χ2n) is 8.10. The number of ether oxygens (including phenoxy) is 1. The van der Waals surface area contributed by atoms with Crippen LogP contribution in [0.25, 0.3) is 0 Å². The molecule has 0 aliphatic carbocycles. The summed E-state index contributed by atoms with van der Waals surface area (Å²) < 4.78 is 5.20. The minimum Gasteiger partial charge on any atom is -0.497 e. The van der Waals surface area contributed by atoms with Crippen molar-refractivity contribution in [2.45, 2.75) is 38.3 Å². The highest BCUT2D eigenvalue weighted by Crippen LogP contribution is 2.30. The highest BCUT2D eigenvalue weighted by atomic mass is 16.5. The van der Waals surface area contributed by atoms with E-state index < -0.39 is 0 Å². The largest absolute Gasteiger partial charge is 0.497 e. The predicted molar refractivity (Wildman–Crippen MR) is 112 cm³/mol. The van der Waals surface area contributed by atoms with E-state index in [0.29, 0.717) is 13.1 Å². The lowest BCUT2D eigenvalue weighted by molar-refractivity contribution is -0.134. The van der Waals surface area contributed by atoms with Crippen molar-refractivity contribution in [1.29, 1.82) is 0 Å². The lowest BCUT2D eigenvalue weighted by Gasteiger charge is -2.34. The number of ketones is 1. The molecular formula is C24H28N2O3. The van der Waals surface area contributed by atoms with Crippen LogP contribution in [0.5, 0.6) is 5.75 Å². The summed E-state index contributed by atoms with van der Waals surface area (Å²) in [6.07, 6.45) is 1.55. The quantitative estimate of drug-likeness (QED) is 0.784. The number of piperidine rings is 1. The summed E-state index contributed by atoms with van der Waals surface area (Å²) in [6.45, 7) is 4.59. The molecule has 2 aliphatic heterocycles. The lowest BCUT2D eigenvalue weighted by atomic mass is 9.87. The summed E-state index contributed by atoms with van der Waals surface area (Å²) in [6, 6.07) is 15.9. The van der Waals surface area contributed by atoms with Crippen LogP contribution in [0, 0.1) is 6.92 Å². The van der Waals surface area contributed by atoms with Gasteiger partial charge in [0.05, 0.1) is 19.7 Å². The number of carbonyl (C=O) groups excluding carboxylic acids is 2. The first-order chi connectivity index (χ1) is 14.0. The molecule has 2 unspecified atom stereocenters. The zero-order valence-corrected chi connectivity index (χ0v) is 17.1. The van der Waals surface area contributed by atoms with Crippen LogP contribution < -0.4 is 4.74 Å². The van der Waals surface area contributed by atoms with Gasteiger partial charge in [0.15, 0.2) is 5.78 Å². The Morgan fingerprint density at radius 3 is 2.34 bits per heavy atom. The molecule has 0 spiro atoms. The molecule has 152 valence electrons. The van der Waals surface area contributed by atoms with Gasteiger partial charge in [-0.3, -0.25) is 14.5 Å². The molecule has 29 heavy (non-hydrogen) atoms. The van der Waals surface area contributed by atoms with Gasteiger partial charge in [0, 0.05) is 25.6 Å². The molecule has 2 aliphatic rings. The molecule has 0 aromatic heterocycles. The number of benzene rings is 2. The van der Waals surface area contributed by atoms with E-state index in [9.17, 15) is 9.59 Å². The minimum atomic E-state index is -0.166. The molecule has 4 rings (SSSR count). The van der Waals surface area contributed by atoms with Crippen molar-refractivity contribution in [1.82, 2.24) is 9.80 Å². The molecule has 2 aromatic rings. The number of rotatable bonds is 5. The Kier molecular flexibility index (Phi) is 5.67. The SMILES string of the molecule is COc1ccc(C2CCN(C3CCN(Cc4ccc(C)cc4)C3=O)CC2=O)cc1. The van der Waals surface area contributed by atoms with Crippen molar-refractivity contribution in [2.75, 3.05) is 26.7 Å². The number of aryl methyl sites for hydroxylation is 1. The Hall–Kier alpha value is -2.66. The van der Waals surface area contributed by atoms with E-state index in [1.165, 1.54) is 5.56 Å². The number of Topliss-reactive ketones (excluding diaryl/α,β-unsaturated/α-hetero) is 1. The van der Waals surface area contributed by atoms with Crippen LogP contribution in [-0.4, -0.2) is 54.3 Å². The lowest BCUT2D eigenvalue weighted by Crippen LogP contribution is -2.48. The summed E-state index contributed by atoms with van der Waals surface area (Å²) in [5.41, 5.74) is 3.41. The fraction of sp³-hybridized carbons (Fsp3) is 0.417. The number of carbonyl (C=O) groups is 2. The monoisotopic (exact) mass is 392 g/mol. The third kappa shape index (κ3) is 4.20. The Morgan fingerprint density at radius 1 is 0.966 bits per heavy atom. The van der Waals surface area contributed by atoms with E-state index in [-0.39, 0.29) is 23.7 Å². The Labute approximate surface area is 172 Å². The fourth-order valence-corrected chi connectivity index (χ4v) is 4.43. The number of hydrogen-bond donors (Lipinski definition) is 0. The third-order valence-electron chi connectivity index (χ3n) is 6.17. The number of methoxy groups -OCH3 is 1. The molecule has 5 heteroatoms. The molecular weight excluding hydrogens is 364 g/mol. The first-order valence-corrected chi connectivity index (χ1v) is 10.3. The van der Waals surface area contributed by atoms with Gasteiger partial charge in [0.2, 0.25) is 5.91 Å². The van der Waals surface area contributed by atoms with Crippen LogP contribution in [0.2, 0.25) is 0 Å². The summed E-state index contributed by atoms with van der Waals surface area (Å²) >= 11 is 0. The predicted octanol–water partition coefficient (Wildman–Crippen LogP) is 3.16. The van der Waals surface area contributed by atoms with E-state index in [0.717, 1.165) is 42.8 Å². The second-order valence-corrected chi connectivity index (χ2v) is 8.10. The third-order valence-corrected chi connectivity index (χ3v) is 6.17. The molecule has 2 heterocycles. The molecule has 2 fully saturated rings. The summed E-state index contributed by atoms with van der Waals surface area (Å²) in [5, 5.41) is 0. The highest BCUT2D eigenvalue weighted by Gasteiger charge is 2.39. The van der Waals surface area contributed by atoms with Crippen LogP contribution in [0.1, 0.15) is 35.4 Å². The number of amides is 1. The van der Waals surface area contributed by atoms with Crippen LogP contribution in [0.3, 0.4) is 0 Å². The first kappa shape index (κ1) is 19.6. The Balaban J connectivity index is 1.37. The standard InChI is InChI=1S/C24H28N2O3/c1-17-3-5-18(6-4-17)15-26-14-12-22(24(26)28)25-13-11-21(23(27)16-25)19-7-9-20(29-2)10-8-19/h3-10,21-22H,11-16H2,1-2H3. The van der Waals surface area contributed by atoms with Crippen molar-refractivity contribution >= 4 is 11.7 Å². The van der Waals surface area contributed by atoms with Gasteiger partial charge < -0.3 is 9.64 Å². The van der Waals surface area contributed by atoms with Gasteiger partial charge in [-0.1, -0.05) is 42.0 Å². The van der Waals surface area contributed by atoms with E-state index >= 15 is 0 Å². The summed E-state index contributed by atoms with van der Waals surface area (Å²) in [7, 11) is 1.64. The van der Waals surface area contributed by atoms with Crippen molar-refractivity contribution in [3.05, 3.63) is 65.2 Å². The van der Waals surface area contributed by atoms with Gasteiger partial charge in [-0.25, -0.2) is 0 Å². The number of nitrogens with zero attached hydrogens (tertiary/aromatic N) is 2. The van der Waals surface area contributed by atoms with Crippen molar-refractivity contribution in [2.24, 2.45) is 0 Å². The number of likely N-dealkylation sites (tertiary alicyclic amines) is 2. The van der Waals surface area contributed by atoms with E-state index in [1.807, 2.05) is 29.2 Å². The second kappa shape index (κ2) is 8.37. The molecule has 0 N–H and O–H groups in total. The first-order valence-electron chi connectivity index (χ1n) is 10.3. The maximum atomic E-state index is 13.0. The van der Waals surface area contributed by atoms with Crippen LogP contribution in [-0.2, 0) is 16.1 Å². The zero-order chi connectivity index (χ0) is 20.4. The van der Waals surface area contributed by atoms with Gasteiger partial charge in [0.25, 0.3) is 0 Å². The smallest absolute Gasteiger partial charge is 0.240 e. The molecule has 5 nitrogen and oxygen atoms in total. The average molecular weight is 392 g/mol. The maximum absolute atomic E-state index is 13.0. The average Bonchev–Trinajstić information content (AvgIpc) is 3.10. The van der Waals surface area contributed by atoms with Crippen LogP contribution in [0.15, 0.2) is 48.5 Å². The van der Waals surface area contributed by atoms with Gasteiger partial charge in [-0.2, -0.15) is 0 Å². The molecule has 0 bridgehead atoms. The molecule has 1 amide bonds. The molecule has 0 radical (unpaired) electrons. The van der Waals surface area contributed by atoms with E-state index in [4.69, 9.17) is 4.74 Å². The van der Waals surface area contributed by atoms with Gasteiger partial charge >= 0.3 is 0 Å². The van der Waals surface area contributed by atoms with Gasteiger partial charge in [-0.05, 0) is 43.0 Å². The summed E-state index contributed by atoms with van der Waals surface area (Å²) in [4.78, 5) is 29.8. The molecule has 2 atom stereocenters. The van der Waals surface area contributed by atoms with Crippen molar-refractivity contribution in [3.8, 4) is 5.75 Å². The Bertz CT molecular complexity index is 876. The van der Waals surface area contributed by atoms with Crippen LogP contribution in [0.4, 0.5) is 0 Å². The normalized spacial score (nSPS) is 22.9.